The molecular formula is C22H20N4O2S. The fourth-order valence-corrected chi connectivity index (χ4v) is 3.82. The van der Waals surface area contributed by atoms with Crippen molar-refractivity contribution < 1.29 is 9.53 Å². The number of aromatic nitrogens is 3. The predicted molar refractivity (Wildman–Crippen MR) is 114 cm³/mol. The number of aryl methyl sites for hydroxylation is 1. The number of benzene rings is 2. The van der Waals surface area contributed by atoms with E-state index in [-0.39, 0.29) is 5.91 Å². The number of carbonyl (C=O) groups is 1. The van der Waals surface area contributed by atoms with E-state index < -0.39 is 0 Å². The van der Waals surface area contributed by atoms with Crippen molar-refractivity contribution in [1.29, 1.82) is 0 Å². The van der Waals surface area contributed by atoms with Gasteiger partial charge < -0.3 is 14.6 Å². The first-order valence-corrected chi connectivity index (χ1v) is 9.93. The quantitative estimate of drug-likeness (QED) is 0.522. The third kappa shape index (κ3) is 4.20. The molecule has 0 fully saturated rings. The van der Waals surface area contributed by atoms with E-state index in [9.17, 15) is 4.79 Å². The Morgan fingerprint density at radius 3 is 2.72 bits per heavy atom. The molecule has 0 aliphatic rings. The molecule has 0 bridgehead atoms. The lowest BCUT2D eigenvalue weighted by molar-refractivity contribution is 0.0951. The summed E-state index contributed by atoms with van der Waals surface area (Å²) in [6.07, 6.45) is 5.44. The van der Waals surface area contributed by atoms with Gasteiger partial charge in [0.25, 0.3) is 5.91 Å². The highest BCUT2D eigenvalue weighted by atomic mass is 32.1. The largest absolute Gasteiger partial charge is 0.495 e. The molecule has 0 spiro atoms. The molecule has 0 atom stereocenters. The van der Waals surface area contributed by atoms with Crippen LogP contribution in [0.3, 0.4) is 0 Å². The summed E-state index contributed by atoms with van der Waals surface area (Å²) >= 11 is 1.57. The van der Waals surface area contributed by atoms with Crippen LogP contribution in [0.15, 0.2) is 67.3 Å². The van der Waals surface area contributed by atoms with Gasteiger partial charge in [0.2, 0.25) is 0 Å². The lowest BCUT2D eigenvalue weighted by atomic mass is 10.1. The molecule has 0 aliphatic carbocycles. The summed E-state index contributed by atoms with van der Waals surface area (Å²) in [5.41, 5.74) is 3.35. The summed E-state index contributed by atoms with van der Waals surface area (Å²) < 4.78 is 7.35. The highest BCUT2D eigenvalue weighted by molar-refractivity contribution is 7.15. The van der Waals surface area contributed by atoms with Crippen LogP contribution in [-0.4, -0.2) is 27.6 Å². The number of hydrogen-bond acceptors (Lipinski definition) is 5. The van der Waals surface area contributed by atoms with Crippen LogP contribution in [0.5, 0.6) is 5.75 Å². The molecule has 0 aliphatic heterocycles. The summed E-state index contributed by atoms with van der Waals surface area (Å²) in [4.78, 5) is 22.3. The molecule has 0 radical (unpaired) electrons. The number of ether oxygens (including phenoxy) is 1. The number of hydrogen-bond donors (Lipinski definition) is 1. The van der Waals surface area contributed by atoms with Crippen LogP contribution in [0, 0.1) is 6.92 Å². The van der Waals surface area contributed by atoms with E-state index in [0.29, 0.717) is 17.9 Å². The van der Waals surface area contributed by atoms with Crippen molar-refractivity contribution in [3.8, 4) is 22.0 Å². The van der Waals surface area contributed by atoms with Crippen LogP contribution in [0.1, 0.15) is 20.9 Å². The Morgan fingerprint density at radius 2 is 2.00 bits per heavy atom. The van der Waals surface area contributed by atoms with Crippen molar-refractivity contribution in [3.63, 3.8) is 0 Å². The van der Waals surface area contributed by atoms with Gasteiger partial charge in [-0.2, -0.15) is 0 Å². The molecule has 0 saturated carbocycles. The summed E-state index contributed by atoms with van der Waals surface area (Å²) in [5, 5.41) is 3.89. The molecular weight excluding hydrogens is 384 g/mol. The van der Waals surface area contributed by atoms with E-state index in [1.165, 1.54) is 0 Å². The minimum absolute atomic E-state index is 0.161. The van der Waals surface area contributed by atoms with Crippen molar-refractivity contribution in [3.05, 3.63) is 83.4 Å². The van der Waals surface area contributed by atoms with Gasteiger partial charge in [-0.25, -0.2) is 9.97 Å². The molecule has 1 N–H and O–H groups in total. The highest BCUT2D eigenvalue weighted by Crippen LogP contribution is 2.26. The average molecular weight is 404 g/mol. The van der Waals surface area contributed by atoms with Crippen molar-refractivity contribution in [2.75, 3.05) is 7.11 Å². The smallest absolute Gasteiger partial charge is 0.251 e. The SMILES string of the molecule is COc1cc(C(=O)NCc2cnc(-c3ccccc3)s2)ccc1-n1cnc(C)c1. The molecule has 0 saturated heterocycles. The van der Waals surface area contributed by atoms with Gasteiger partial charge in [0.15, 0.2) is 0 Å². The van der Waals surface area contributed by atoms with Gasteiger partial charge in [0, 0.05) is 28.4 Å². The number of nitrogens with zero attached hydrogens (tertiary/aromatic N) is 3. The third-order valence-electron chi connectivity index (χ3n) is 4.43. The number of rotatable bonds is 6. The summed E-state index contributed by atoms with van der Waals surface area (Å²) in [5.74, 6) is 0.450. The van der Waals surface area contributed by atoms with Gasteiger partial charge in [-0.15, -0.1) is 11.3 Å². The van der Waals surface area contributed by atoms with Gasteiger partial charge in [0.05, 0.1) is 31.4 Å². The summed E-state index contributed by atoms with van der Waals surface area (Å²) in [7, 11) is 1.59. The minimum atomic E-state index is -0.161. The molecule has 2 heterocycles. The maximum atomic E-state index is 12.6. The zero-order chi connectivity index (χ0) is 20.2. The molecule has 1 amide bonds. The zero-order valence-electron chi connectivity index (χ0n) is 16.1. The van der Waals surface area contributed by atoms with Crippen LogP contribution in [0.25, 0.3) is 16.3 Å². The standard InChI is InChI=1S/C22H20N4O2S/c1-15-13-26(14-25-15)19-9-8-17(10-20(19)28-2)21(27)23-11-18-12-24-22(29-18)16-6-4-3-5-7-16/h3-10,12-14H,11H2,1-2H3,(H,23,27). The van der Waals surface area contributed by atoms with Crippen LogP contribution in [-0.2, 0) is 6.54 Å². The predicted octanol–water partition coefficient (Wildman–Crippen LogP) is 4.24. The first-order chi connectivity index (χ1) is 14.1. The maximum Gasteiger partial charge on any atom is 0.251 e. The fourth-order valence-electron chi connectivity index (χ4n) is 2.96. The zero-order valence-corrected chi connectivity index (χ0v) is 16.9. The molecule has 29 heavy (non-hydrogen) atoms. The van der Waals surface area contributed by atoms with Crippen molar-refractivity contribution in [2.45, 2.75) is 13.5 Å². The molecule has 0 unspecified atom stereocenters. The molecule has 2 aromatic carbocycles. The second-order valence-electron chi connectivity index (χ2n) is 6.49. The van der Waals surface area contributed by atoms with Crippen LogP contribution >= 0.6 is 11.3 Å². The van der Waals surface area contributed by atoms with Gasteiger partial charge >= 0.3 is 0 Å². The first kappa shape index (κ1) is 18.9. The Bertz CT molecular complexity index is 1130. The number of thiazole rings is 1. The van der Waals surface area contributed by atoms with Gasteiger partial charge in [-0.05, 0) is 25.1 Å². The second kappa shape index (κ2) is 8.28. The lowest BCUT2D eigenvalue weighted by Crippen LogP contribution is -2.22. The Hall–Kier alpha value is -3.45. The van der Waals surface area contributed by atoms with Crippen LogP contribution in [0.4, 0.5) is 0 Å². The lowest BCUT2D eigenvalue weighted by Gasteiger charge is -2.11. The van der Waals surface area contributed by atoms with Crippen molar-refractivity contribution in [1.82, 2.24) is 19.9 Å². The van der Waals surface area contributed by atoms with E-state index >= 15 is 0 Å². The Labute approximate surface area is 172 Å². The van der Waals surface area contributed by atoms with Crippen molar-refractivity contribution >= 4 is 17.2 Å². The first-order valence-electron chi connectivity index (χ1n) is 9.11. The molecule has 6 nitrogen and oxygen atoms in total. The molecule has 4 rings (SSSR count). The van der Waals surface area contributed by atoms with Gasteiger partial charge in [-0.1, -0.05) is 30.3 Å². The number of imidazole rings is 1. The van der Waals surface area contributed by atoms with E-state index in [1.807, 2.05) is 54.1 Å². The molecule has 7 heteroatoms. The maximum absolute atomic E-state index is 12.6. The van der Waals surface area contributed by atoms with Crippen molar-refractivity contribution in [2.24, 2.45) is 0 Å². The van der Waals surface area contributed by atoms with E-state index in [4.69, 9.17) is 4.74 Å². The Balaban J connectivity index is 1.45. The van der Waals surface area contributed by atoms with Gasteiger partial charge in [0.1, 0.15) is 10.8 Å². The van der Waals surface area contributed by atoms with Gasteiger partial charge in [-0.3, -0.25) is 4.79 Å². The Morgan fingerprint density at radius 1 is 1.17 bits per heavy atom. The van der Waals surface area contributed by atoms with E-state index in [0.717, 1.165) is 26.8 Å². The van der Waals surface area contributed by atoms with Crippen LogP contribution < -0.4 is 10.1 Å². The molecule has 2 aromatic heterocycles. The average Bonchev–Trinajstić information content (AvgIpc) is 3.41. The summed E-state index contributed by atoms with van der Waals surface area (Å²) in [6.45, 7) is 2.35. The topological polar surface area (TPSA) is 69.0 Å². The highest BCUT2D eigenvalue weighted by Gasteiger charge is 2.12. The van der Waals surface area contributed by atoms with E-state index in [1.54, 1.807) is 43.1 Å². The number of nitrogens with one attached hydrogen (secondary N) is 1. The number of amides is 1. The van der Waals surface area contributed by atoms with Crippen LogP contribution in [0.2, 0.25) is 0 Å². The monoisotopic (exact) mass is 404 g/mol. The normalized spacial score (nSPS) is 10.7. The third-order valence-corrected chi connectivity index (χ3v) is 5.48. The summed E-state index contributed by atoms with van der Waals surface area (Å²) in [6, 6.07) is 15.4. The fraction of sp³-hybridized carbons (Fsp3) is 0.136. The van der Waals surface area contributed by atoms with E-state index in [2.05, 4.69) is 15.3 Å². The molecule has 146 valence electrons. The minimum Gasteiger partial charge on any atom is -0.495 e. The Kier molecular flexibility index (Phi) is 5.39. The number of carbonyl (C=O) groups excluding carboxylic acids is 1. The number of methoxy groups -OCH3 is 1. The molecule has 4 aromatic rings. The second-order valence-corrected chi connectivity index (χ2v) is 7.60.